The van der Waals surface area contributed by atoms with Gasteiger partial charge >= 0.3 is 0 Å². The van der Waals surface area contributed by atoms with Crippen LogP contribution in [0, 0.1) is 5.82 Å². The van der Waals surface area contributed by atoms with Crippen LogP contribution in [0.4, 0.5) is 4.39 Å². The number of morpholine rings is 1. The Bertz CT molecular complexity index is 420. The first-order chi connectivity index (χ1) is 8.50. The number of ether oxygens (including phenoxy) is 1. The highest BCUT2D eigenvalue weighted by Gasteiger charge is 2.27. The average Bonchev–Trinajstić information content (AvgIpc) is 2.30. The first-order valence-corrected chi connectivity index (χ1v) is 6.34. The van der Waals surface area contributed by atoms with Gasteiger partial charge in [0.05, 0.1) is 12.2 Å². The van der Waals surface area contributed by atoms with Crippen LogP contribution in [0.1, 0.15) is 25.0 Å². The van der Waals surface area contributed by atoms with E-state index in [-0.39, 0.29) is 11.4 Å². The number of halogens is 1. The summed E-state index contributed by atoms with van der Waals surface area (Å²) in [6.45, 7) is 7.90. The molecular weight excluding hydrogens is 231 g/mol. The lowest BCUT2D eigenvalue weighted by Gasteiger charge is -2.38. The highest BCUT2D eigenvalue weighted by atomic mass is 19.1. The monoisotopic (exact) mass is 252 g/mol. The van der Waals surface area contributed by atoms with Crippen LogP contribution in [-0.4, -0.2) is 30.2 Å². The molecule has 1 aromatic carbocycles. The van der Waals surface area contributed by atoms with Gasteiger partial charge < -0.3 is 10.5 Å². The second-order valence-corrected chi connectivity index (χ2v) is 5.44. The molecule has 0 atom stereocenters. The minimum absolute atomic E-state index is 0.110. The molecule has 0 aromatic heterocycles. The molecule has 1 fully saturated rings. The molecule has 100 valence electrons. The maximum Gasteiger partial charge on any atom is 0.123 e. The van der Waals surface area contributed by atoms with Gasteiger partial charge in [0.25, 0.3) is 0 Å². The van der Waals surface area contributed by atoms with Crippen LogP contribution in [-0.2, 0) is 17.8 Å². The quantitative estimate of drug-likeness (QED) is 0.893. The molecule has 0 saturated carbocycles. The smallest absolute Gasteiger partial charge is 0.123 e. The van der Waals surface area contributed by atoms with E-state index >= 15 is 0 Å². The molecule has 1 aliphatic heterocycles. The highest BCUT2D eigenvalue weighted by Crippen LogP contribution is 2.20. The van der Waals surface area contributed by atoms with E-state index in [1.807, 2.05) is 6.07 Å². The summed E-state index contributed by atoms with van der Waals surface area (Å²) in [7, 11) is 0. The second kappa shape index (κ2) is 5.34. The Labute approximate surface area is 108 Å². The van der Waals surface area contributed by atoms with Gasteiger partial charge in [-0.2, -0.15) is 0 Å². The van der Waals surface area contributed by atoms with Gasteiger partial charge in [-0.15, -0.1) is 0 Å². The maximum atomic E-state index is 13.1. The largest absolute Gasteiger partial charge is 0.373 e. The van der Waals surface area contributed by atoms with Crippen LogP contribution in [0.15, 0.2) is 18.2 Å². The van der Waals surface area contributed by atoms with E-state index < -0.39 is 0 Å². The zero-order valence-electron chi connectivity index (χ0n) is 11.1. The van der Waals surface area contributed by atoms with Gasteiger partial charge in [0.2, 0.25) is 0 Å². The molecule has 0 spiro atoms. The van der Waals surface area contributed by atoms with Crippen molar-refractivity contribution in [2.24, 2.45) is 5.73 Å². The molecule has 0 unspecified atom stereocenters. The zero-order chi connectivity index (χ0) is 13.2. The fraction of sp³-hybridized carbons (Fsp3) is 0.571. The lowest BCUT2D eigenvalue weighted by atomic mass is 10.0. The van der Waals surface area contributed by atoms with Crippen molar-refractivity contribution in [1.82, 2.24) is 4.90 Å². The van der Waals surface area contributed by atoms with Crippen LogP contribution < -0.4 is 5.73 Å². The normalized spacial score (nSPS) is 20.0. The van der Waals surface area contributed by atoms with Crippen molar-refractivity contribution in [2.75, 3.05) is 19.7 Å². The fourth-order valence-corrected chi connectivity index (χ4v) is 2.43. The van der Waals surface area contributed by atoms with Crippen molar-refractivity contribution >= 4 is 0 Å². The number of hydrogen-bond acceptors (Lipinski definition) is 3. The Kier molecular flexibility index (Phi) is 4.00. The molecule has 0 radical (unpaired) electrons. The summed E-state index contributed by atoms with van der Waals surface area (Å²) in [5.41, 5.74) is 7.55. The van der Waals surface area contributed by atoms with E-state index in [1.54, 1.807) is 0 Å². The lowest BCUT2D eigenvalue weighted by Crippen LogP contribution is -2.47. The topological polar surface area (TPSA) is 38.5 Å². The van der Waals surface area contributed by atoms with Crippen LogP contribution in [0.5, 0.6) is 0 Å². The molecule has 2 N–H and O–H groups in total. The van der Waals surface area contributed by atoms with E-state index in [4.69, 9.17) is 10.5 Å². The third kappa shape index (κ3) is 3.28. The van der Waals surface area contributed by atoms with Crippen LogP contribution in [0.2, 0.25) is 0 Å². The van der Waals surface area contributed by atoms with E-state index in [0.29, 0.717) is 6.54 Å². The Morgan fingerprint density at radius 1 is 1.39 bits per heavy atom. The van der Waals surface area contributed by atoms with Crippen LogP contribution >= 0.6 is 0 Å². The second-order valence-electron chi connectivity index (χ2n) is 5.44. The van der Waals surface area contributed by atoms with Gasteiger partial charge in [-0.25, -0.2) is 4.39 Å². The van der Waals surface area contributed by atoms with Crippen LogP contribution in [0.3, 0.4) is 0 Å². The first-order valence-electron chi connectivity index (χ1n) is 6.34. The average molecular weight is 252 g/mol. The minimum atomic E-state index is -0.221. The molecular formula is C14H21FN2O. The summed E-state index contributed by atoms with van der Waals surface area (Å²) < 4.78 is 18.8. The minimum Gasteiger partial charge on any atom is -0.373 e. The van der Waals surface area contributed by atoms with E-state index in [9.17, 15) is 4.39 Å². The molecule has 18 heavy (non-hydrogen) atoms. The predicted octanol–water partition coefficient (Wildman–Crippen LogP) is 1.90. The zero-order valence-corrected chi connectivity index (χ0v) is 11.1. The van der Waals surface area contributed by atoms with Crippen molar-refractivity contribution in [2.45, 2.75) is 32.5 Å². The Morgan fingerprint density at radius 2 is 2.17 bits per heavy atom. The number of benzene rings is 1. The molecule has 2 rings (SSSR count). The van der Waals surface area contributed by atoms with Crippen molar-refractivity contribution in [3.8, 4) is 0 Å². The number of nitrogens with two attached hydrogens (primary N) is 1. The highest BCUT2D eigenvalue weighted by molar-refractivity contribution is 5.27. The van der Waals surface area contributed by atoms with Crippen molar-refractivity contribution in [3.05, 3.63) is 35.1 Å². The Balaban J connectivity index is 2.09. The van der Waals surface area contributed by atoms with Gasteiger partial charge in [0.1, 0.15) is 5.82 Å². The van der Waals surface area contributed by atoms with Gasteiger partial charge in [0.15, 0.2) is 0 Å². The Hall–Kier alpha value is -0.970. The van der Waals surface area contributed by atoms with Crippen molar-refractivity contribution in [3.63, 3.8) is 0 Å². The summed E-state index contributed by atoms with van der Waals surface area (Å²) in [6, 6.07) is 4.86. The SMILES string of the molecule is CC1(C)CN(Cc2ccc(F)cc2CN)CCO1. The molecule has 1 heterocycles. The molecule has 4 heteroatoms. The van der Waals surface area contributed by atoms with Crippen molar-refractivity contribution < 1.29 is 9.13 Å². The van der Waals surface area contributed by atoms with Crippen LogP contribution in [0.25, 0.3) is 0 Å². The summed E-state index contributed by atoms with van der Waals surface area (Å²) in [4.78, 5) is 2.33. The summed E-state index contributed by atoms with van der Waals surface area (Å²) >= 11 is 0. The number of hydrogen-bond donors (Lipinski definition) is 1. The van der Waals surface area contributed by atoms with E-state index in [2.05, 4.69) is 18.7 Å². The molecule has 3 nitrogen and oxygen atoms in total. The molecule has 0 aliphatic carbocycles. The van der Waals surface area contributed by atoms with E-state index in [1.165, 1.54) is 12.1 Å². The third-order valence-corrected chi connectivity index (χ3v) is 3.29. The number of rotatable bonds is 3. The Morgan fingerprint density at radius 3 is 2.83 bits per heavy atom. The van der Waals surface area contributed by atoms with Gasteiger partial charge in [0, 0.05) is 26.2 Å². The first kappa shape index (κ1) is 13.5. The fourth-order valence-electron chi connectivity index (χ4n) is 2.43. The van der Waals surface area contributed by atoms with Gasteiger partial charge in [-0.1, -0.05) is 6.07 Å². The molecule has 0 amide bonds. The summed E-state index contributed by atoms with van der Waals surface area (Å²) in [5.74, 6) is -0.221. The van der Waals surface area contributed by atoms with Gasteiger partial charge in [-0.3, -0.25) is 4.90 Å². The van der Waals surface area contributed by atoms with Gasteiger partial charge in [-0.05, 0) is 37.1 Å². The standard InChI is InChI=1S/C14H21FN2O/c1-14(2)10-17(5-6-18-14)9-11-3-4-13(15)7-12(11)8-16/h3-4,7H,5-6,8-10,16H2,1-2H3. The van der Waals surface area contributed by atoms with Crippen molar-refractivity contribution in [1.29, 1.82) is 0 Å². The molecule has 1 aliphatic rings. The van der Waals surface area contributed by atoms with E-state index in [0.717, 1.165) is 37.4 Å². The summed E-state index contributed by atoms with van der Waals surface area (Å²) in [5, 5.41) is 0. The number of nitrogens with zero attached hydrogens (tertiary/aromatic N) is 1. The lowest BCUT2D eigenvalue weighted by molar-refractivity contribution is -0.0883. The molecule has 1 aromatic rings. The molecule has 1 saturated heterocycles. The third-order valence-electron chi connectivity index (χ3n) is 3.29. The predicted molar refractivity (Wildman–Crippen MR) is 69.6 cm³/mol. The molecule has 0 bridgehead atoms. The maximum absolute atomic E-state index is 13.1. The summed E-state index contributed by atoms with van der Waals surface area (Å²) in [6.07, 6.45) is 0.